The molecule has 9 heteroatoms. The third-order valence-electron chi connectivity index (χ3n) is 2.95. The number of aromatic nitrogens is 2. The van der Waals surface area contributed by atoms with Gasteiger partial charge in [-0.1, -0.05) is 34.4 Å². The Kier molecular flexibility index (Phi) is 8.07. The lowest BCUT2D eigenvalue weighted by Gasteiger charge is -2.21. The molecule has 0 unspecified atom stereocenters. The molecule has 1 N–H and O–H groups in total. The third kappa shape index (κ3) is 5.82. The molecular formula is C14H18Cl2IN5O. The second-order valence-electron chi connectivity index (χ2n) is 4.73. The molecule has 1 aromatic carbocycles. The second-order valence-corrected chi connectivity index (χ2v) is 5.55. The molecule has 0 aliphatic rings. The fraction of sp³-hybridized carbons (Fsp3) is 0.357. The second kappa shape index (κ2) is 9.29. The van der Waals surface area contributed by atoms with E-state index in [9.17, 15) is 0 Å². The zero-order valence-corrected chi connectivity index (χ0v) is 16.8. The van der Waals surface area contributed by atoms with E-state index in [1.165, 1.54) is 0 Å². The third-order valence-corrected chi connectivity index (χ3v) is 3.69. The summed E-state index contributed by atoms with van der Waals surface area (Å²) in [6, 6.07) is 5.56. The van der Waals surface area contributed by atoms with Gasteiger partial charge in [0.15, 0.2) is 11.8 Å². The molecule has 1 heterocycles. The van der Waals surface area contributed by atoms with E-state index in [1.54, 1.807) is 20.0 Å². The predicted octanol–water partition coefficient (Wildman–Crippen LogP) is 3.51. The number of benzene rings is 1. The van der Waals surface area contributed by atoms with Gasteiger partial charge < -0.3 is 14.7 Å². The Labute approximate surface area is 162 Å². The number of aryl methyl sites for hydroxylation is 1. The fourth-order valence-corrected chi connectivity index (χ4v) is 2.26. The van der Waals surface area contributed by atoms with Crippen LogP contribution in [0.4, 0.5) is 0 Å². The SMILES string of the molecule is CN=C(NCc1noc(C)n1)N(C)Cc1ccc(Cl)c(Cl)c1.I. The molecule has 2 rings (SSSR count). The smallest absolute Gasteiger partial charge is 0.223 e. The lowest BCUT2D eigenvalue weighted by atomic mass is 10.2. The molecule has 0 spiro atoms. The first-order valence-corrected chi connectivity index (χ1v) is 7.40. The molecule has 0 radical (unpaired) electrons. The molecule has 0 atom stereocenters. The highest BCUT2D eigenvalue weighted by molar-refractivity contribution is 14.0. The molecule has 0 aliphatic heterocycles. The van der Waals surface area contributed by atoms with E-state index in [1.807, 2.05) is 24.1 Å². The Morgan fingerprint density at radius 2 is 2.09 bits per heavy atom. The molecule has 2 aromatic rings. The van der Waals surface area contributed by atoms with Gasteiger partial charge in [0.2, 0.25) is 5.89 Å². The first-order chi connectivity index (χ1) is 10.5. The van der Waals surface area contributed by atoms with Gasteiger partial charge in [0.25, 0.3) is 0 Å². The van der Waals surface area contributed by atoms with Crippen molar-refractivity contribution in [1.29, 1.82) is 0 Å². The summed E-state index contributed by atoms with van der Waals surface area (Å²) in [5.74, 6) is 1.84. The molecule has 0 saturated heterocycles. The summed E-state index contributed by atoms with van der Waals surface area (Å²) in [5, 5.41) is 8.09. The Hall–Kier alpha value is -1.06. The highest BCUT2D eigenvalue weighted by Crippen LogP contribution is 2.23. The van der Waals surface area contributed by atoms with Crippen molar-refractivity contribution >= 4 is 53.1 Å². The van der Waals surface area contributed by atoms with Crippen molar-refractivity contribution in [3.63, 3.8) is 0 Å². The predicted molar refractivity (Wildman–Crippen MR) is 103 cm³/mol. The van der Waals surface area contributed by atoms with E-state index >= 15 is 0 Å². The first kappa shape index (κ1) is 20.0. The molecule has 0 amide bonds. The summed E-state index contributed by atoms with van der Waals surface area (Å²) in [7, 11) is 3.65. The summed E-state index contributed by atoms with van der Waals surface area (Å²) in [4.78, 5) is 10.3. The summed E-state index contributed by atoms with van der Waals surface area (Å²) >= 11 is 12.0. The van der Waals surface area contributed by atoms with Crippen LogP contribution < -0.4 is 5.32 Å². The van der Waals surface area contributed by atoms with E-state index in [0.717, 1.165) is 5.56 Å². The van der Waals surface area contributed by atoms with Crippen LogP contribution in [0.1, 0.15) is 17.3 Å². The van der Waals surface area contributed by atoms with Gasteiger partial charge in [-0.3, -0.25) is 4.99 Å². The Morgan fingerprint density at radius 1 is 1.35 bits per heavy atom. The molecule has 1 aromatic heterocycles. The van der Waals surface area contributed by atoms with Crippen LogP contribution in [0.15, 0.2) is 27.7 Å². The van der Waals surface area contributed by atoms with Gasteiger partial charge in [0.1, 0.15) is 0 Å². The number of nitrogens with one attached hydrogen (secondary N) is 1. The van der Waals surface area contributed by atoms with E-state index in [0.29, 0.717) is 40.8 Å². The molecule has 0 fully saturated rings. The topological polar surface area (TPSA) is 66.5 Å². The molecule has 0 aliphatic carbocycles. The maximum absolute atomic E-state index is 6.03. The zero-order chi connectivity index (χ0) is 16.1. The standard InChI is InChI=1S/C14H17Cl2N5O.HI/c1-9-19-13(20-22-9)7-18-14(17-2)21(3)8-10-4-5-11(15)12(16)6-10;/h4-6H,7-8H2,1-3H3,(H,17,18);1H. The largest absolute Gasteiger partial charge is 0.349 e. The molecule has 0 saturated carbocycles. The average Bonchev–Trinajstić information content (AvgIpc) is 2.89. The van der Waals surface area contributed by atoms with Crippen LogP contribution in [0.25, 0.3) is 0 Å². The summed E-state index contributed by atoms with van der Waals surface area (Å²) < 4.78 is 4.93. The maximum atomic E-state index is 6.03. The average molecular weight is 470 g/mol. The van der Waals surface area contributed by atoms with Gasteiger partial charge in [-0.15, -0.1) is 24.0 Å². The van der Waals surface area contributed by atoms with Crippen molar-refractivity contribution in [2.45, 2.75) is 20.0 Å². The summed E-state index contributed by atoms with van der Waals surface area (Å²) in [5.41, 5.74) is 1.04. The number of aliphatic imine (C=N–C) groups is 1. The molecular weight excluding hydrogens is 452 g/mol. The highest BCUT2D eigenvalue weighted by Gasteiger charge is 2.09. The van der Waals surface area contributed by atoms with E-state index < -0.39 is 0 Å². The highest BCUT2D eigenvalue weighted by atomic mass is 127. The number of hydrogen-bond donors (Lipinski definition) is 1. The van der Waals surface area contributed by atoms with Crippen molar-refractivity contribution in [1.82, 2.24) is 20.4 Å². The maximum Gasteiger partial charge on any atom is 0.223 e. The number of rotatable bonds is 4. The Bertz CT molecular complexity index is 677. The van der Waals surface area contributed by atoms with Crippen molar-refractivity contribution in [3.05, 3.63) is 45.5 Å². The van der Waals surface area contributed by atoms with Gasteiger partial charge in [0.05, 0.1) is 16.6 Å². The van der Waals surface area contributed by atoms with Gasteiger partial charge in [-0.05, 0) is 17.7 Å². The van der Waals surface area contributed by atoms with Crippen LogP contribution in [-0.2, 0) is 13.1 Å². The normalized spacial score (nSPS) is 11.1. The summed E-state index contributed by atoms with van der Waals surface area (Å²) in [6.45, 7) is 2.83. The van der Waals surface area contributed by atoms with Crippen LogP contribution in [0.5, 0.6) is 0 Å². The zero-order valence-electron chi connectivity index (χ0n) is 13.0. The minimum absolute atomic E-state index is 0. The van der Waals surface area contributed by atoms with Crippen molar-refractivity contribution in [3.8, 4) is 0 Å². The van der Waals surface area contributed by atoms with Crippen molar-refractivity contribution < 1.29 is 4.52 Å². The lowest BCUT2D eigenvalue weighted by molar-refractivity contribution is 0.386. The Morgan fingerprint density at radius 3 is 2.65 bits per heavy atom. The molecule has 126 valence electrons. The molecule has 6 nitrogen and oxygen atoms in total. The van der Waals surface area contributed by atoms with Crippen LogP contribution in [-0.4, -0.2) is 35.1 Å². The number of hydrogen-bond acceptors (Lipinski definition) is 4. The minimum Gasteiger partial charge on any atom is -0.349 e. The van der Waals surface area contributed by atoms with Gasteiger partial charge >= 0.3 is 0 Å². The van der Waals surface area contributed by atoms with E-state index in [2.05, 4.69) is 20.4 Å². The van der Waals surface area contributed by atoms with Gasteiger partial charge in [-0.2, -0.15) is 4.98 Å². The van der Waals surface area contributed by atoms with Crippen LogP contribution >= 0.6 is 47.2 Å². The quantitative estimate of drug-likeness (QED) is 0.421. The van der Waals surface area contributed by atoms with E-state index in [-0.39, 0.29) is 24.0 Å². The Balaban J connectivity index is 0.00000264. The lowest BCUT2D eigenvalue weighted by Crippen LogP contribution is -2.38. The molecule has 23 heavy (non-hydrogen) atoms. The number of nitrogens with zero attached hydrogens (tertiary/aromatic N) is 4. The van der Waals surface area contributed by atoms with Gasteiger partial charge in [-0.25, -0.2) is 0 Å². The monoisotopic (exact) mass is 469 g/mol. The van der Waals surface area contributed by atoms with Gasteiger partial charge in [0, 0.05) is 27.6 Å². The van der Waals surface area contributed by atoms with Crippen LogP contribution in [0.3, 0.4) is 0 Å². The number of halogens is 3. The van der Waals surface area contributed by atoms with Crippen LogP contribution in [0.2, 0.25) is 10.0 Å². The first-order valence-electron chi connectivity index (χ1n) is 6.64. The molecule has 0 bridgehead atoms. The van der Waals surface area contributed by atoms with Crippen molar-refractivity contribution in [2.75, 3.05) is 14.1 Å². The minimum atomic E-state index is 0. The fourth-order valence-electron chi connectivity index (χ4n) is 1.94. The van der Waals surface area contributed by atoms with Crippen LogP contribution in [0, 0.1) is 6.92 Å². The van der Waals surface area contributed by atoms with Crippen molar-refractivity contribution in [2.24, 2.45) is 4.99 Å². The van der Waals surface area contributed by atoms with E-state index in [4.69, 9.17) is 27.7 Å². The summed E-state index contributed by atoms with van der Waals surface area (Å²) in [6.07, 6.45) is 0. The number of guanidine groups is 1.